The number of carboxylic acids is 2. The SMILES string of the molecule is C=C(C)C(=O)OCCO.CC(=[CH][Ti](=[O])(=[O])[CH]=C(C)C(=O)O)C(=O)O. The van der Waals surface area contributed by atoms with Crippen molar-refractivity contribution in [1.82, 2.24) is 0 Å². The summed E-state index contributed by atoms with van der Waals surface area (Å²) in [6.07, 6.45) is 0. The van der Waals surface area contributed by atoms with Gasteiger partial charge in [-0.1, -0.05) is 6.58 Å². The third-order valence-electron chi connectivity index (χ3n) is 2.18. The van der Waals surface area contributed by atoms with Crippen LogP contribution in [0.4, 0.5) is 0 Å². The van der Waals surface area contributed by atoms with Gasteiger partial charge in [-0.3, -0.25) is 0 Å². The molecule has 0 saturated carbocycles. The fourth-order valence-corrected chi connectivity index (χ4v) is 3.43. The molecule has 0 aromatic heterocycles. The summed E-state index contributed by atoms with van der Waals surface area (Å²) in [7, 11) is 0. The number of aliphatic hydroxyl groups excluding tert-OH is 1. The van der Waals surface area contributed by atoms with Crippen molar-refractivity contribution in [3.05, 3.63) is 32.1 Å². The maximum absolute atomic E-state index is 11.3. The van der Waals surface area contributed by atoms with Crippen molar-refractivity contribution in [3.63, 3.8) is 0 Å². The number of esters is 1. The van der Waals surface area contributed by atoms with Crippen LogP contribution in [-0.4, -0.2) is 46.4 Å². The monoisotopic (exact) mass is 380 g/mol. The van der Waals surface area contributed by atoms with Crippen LogP contribution < -0.4 is 0 Å². The number of ether oxygens (including phenoxy) is 1. The second-order valence-corrected chi connectivity index (χ2v) is 7.78. The van der Waals surface area contributed by atoms with Gasteiger partial charge < -0.3 is 9.84 Å². The molecule has 134 valence electrons. The van der Waals surface area contributed by atoms with E-state index in [9.17, 15) is 21.0 Å². The van der Waals surface area contributed by atoms with Gasteiger partial charge in [-0.05, 0) is 6.92 Å². The van der Waals surface area contributed by atoms with Crippen LogP contribution in [0.15, 0.2) is 32.1 Å². The molecule has 0 aromatic carbocycles. The molecule has 0 aliphatic carbocycles. The molecule has 0 aliphatic rings. The van der Waals surface area contributed by atoms with E-state index in [1.807, 2.05) is 0 Å². The van der Waals surface area contributed by atoms with Crippen LogP contribution in [0.2, 0.25) is 0 Å². The first-order valence-electron chi connectivity index (χ1n) is 6.54. The molecule has 24 heavy (non-hydrogen) atoms. The normalized spacial score (nSPS) is 11.2. The molecule has 0 heterocycles. The zero-order valence-corrected chi connectivity index (χ0v) is 15.1. The Kier molecular flexibility index (Phi) is 11.5. The van der Waals surface area contributed by atoms with E-state index in [0.29, 0.717) is 14.3 Å². The van der Waals surface area contributed by atoms with E-state index in [4.69, 9.17) is 15.3 Å². The third-order valence-corrected chi connectivity index (χ3v) is 4.79. The molecule has 10 heteroatoms. The van der Waals surface area contributed by atoms with Gasteiger partial charge in [-0.2, -0.15) is 0 Å². The molecule has 0 fully saturated rings. The zero-order chi connectivity index (χ0) is 19.5. The fraction of sp³-hybridized carbons (Fsp3) is 0.357. The van der Waals surface area contributed by atoms with Gasteiger partial charge >= 0.3 is 94.6 Å². The molecule has 9 nitrogen and oxygen atoms in total. The van der Waals surface area contributed by atoms with Gasteiger partial charge in [0.05, 0.1) is 6.61 Å². The molecule has 0 bridgehead atoms. The first-order valence-corrected chi connectivity index (χ1v) is 9.61. The Labute approximate surface area is 141 Å². The predicted molar refractivity (Wildman–Crippen MR) is 77.0 cm³/mol. The summed E-state index contributed by atoms with van der Waals surface area (Å²) in [5, 5.41) is 25.1. The molecular formula is C14H20O9Ti. The molecule has 0 aromatic rings. The van der Waals surface area contributed by atoms with Gasteiger partial charge in [0.15, 0.2) is 0 Å². The van der Waals surface area contributed by atoms with E-state index in [1.54, 1.807) is 6.92 Å². The van der Waals surface area contributed by atoms with Gasteiger partial charge in [-0.15, -0.1) is 0 Å². The summed E-state index contributed by atoms with van der Waals surface area (Å²) in [6, 6.07) is 0. The van der Waals surface area contributed by atoms with Gasteiger partial charge in [0.25, 0.3) is 0 Å². The van der Waals surface area contributed by atoms with Crippen molar-refractivity contribution in [1.29, 1.82) is 0 Å². The van der Waals surface area contributed by atoms with Crippen molar-refractivity contribution < 1.29 is 57.6 Å². The third kappa shape index (κ3) is 12.4. The minimum absolute atomic E-state index is 0.0473. The van der Waals surface area contributed by atoms with Crippen molar-refractivity contribution in [2.75, 3.05) is 13.2 Å². The van der Waals surface area contributed by atoms with E-state index in [1.165, 1.54) is 0 Å². The minimum atomic E-state index is -5.05. The molecule has 0 spiro atoms. The summed E-state index contributed by atoms with van der Waals surface area (Å²) in [4.78, 5) is 31.2. The number of aliphatic carboxylic acids is 2. The number of hydrogen-bond donors (Lipinski definition) is 3. The van der Waals surface area contributed by atoms with Gasteiger partial charge in [-0.25, -0.2) is 4.79 Å². The molecule has 0 atom stereocenters. The Bertz CT molecular complexity index is 618. The summed E-state index contributed by atoms with van der Waals surface area (Å²) >= 11 is -5.05. The number of carbonyl (C=O) groups excluding carboxylic acids is 1. The number of hydrogen-bond acceptors (Lipinski definition) is 7. The Morgan fingerprint density at radius 2 is 1.38 bits per heavy atom. The quantitative estimate of drug-likeness (QED) is 0.332. The van der Waals surface area contributed by atoms with Gasteiger partial charge in [0.1, 0.15) is 6.61 Å². The first kappa shape index (κ1) is 24.2. The predicted octanol–water partition coefficient (Wildman–Crippen LogP) is 0.906. The molecule has 0 aliphatic heterocycles. The molecular weight excluding hydrogens is 360 g/mol. The van der Waals surface area contributed by atoms with Crippen LogP contribution >= 0.6 is 0 Å². The molecule has 3 N–H and O–H groups in total. The summed E-state index contributed by atoms with van der Waals surface area (Å²) < 4.78 is 28.2. The van der Waals surface area contributed by atoms with Gasteiger partial charge in [0, 0.05) is 5.57 Å². The molecule has 0 saturated heterocycles. The van der Waals surface area contributed by atoms with Crippen molar-refractivity contribution in [2.24, 2.45) is 0 Å². The van der Waals surface area contributed by atoms with E-state index < -0.39 is 34.4 Å². The van der Waals surface area contributed by atoms with Crippen LogP contribution in [0.5, 0.6) is 0 Å². The fourth-order valence-electron chi connectivity index (χ4n) is 1.03. The van der Waals surface area contributed by atoms with E-state index in [2.05, 4.69) is 11.3 Å². The second kappa shape index (κ2) is 11.4. The Balaban J connectivity index is 0. The van der Waals surface area contributed by atoms with E-state index in [-0.39, 0.29) is 24.4 Å². The summed E-state index contributed by atoms with van der Waals surface area (Å²) in [5.74, 6) is -3.15. The average Bonchev–Trinajstić information content (AvgIpc) is 2.43. The number of rotatable bonds is 7. The van der Waals surface area contributed by atoms with Crippen molar-refractivity contribution >= 4 is 17.9 Å². The van der Waals surface area contributed by atoms with Crippen LogP contribution in [-0.2, 0) is 42.3 Å². The van der Waals surface area contributed by atoms with E-state index in [0.717, 1.165) is 13.8 Å². The van der Waals surface area contributed by atoms with E-state index >= 15 is 0 Å². The van der Waals surface area contributed by atoms with Crippen molar-refractivity contribution in [3.8, 4) is 0 Å². The molecule has 0 rings (SSSR count). The number of aliphatic hydroxyl groups is 1. The Morgan fingerprint density at radius 1 is 1.00 bits per heavy atom. The van der Waals surface area contributed by atoms with Crippen LogP contribution in [0.3, 0.4) is 0 Å². The second-order valence-electron chi connectivity index (χ2n) is 4.63. The van der Waals surface area contributed by atoms with Crippen LogP contribution in [0.25, 0.3) is 0 Å². The number of carboxylic acid groups (broad SMARTS) is 2. The summed E-state index contributed by atoms with van der Waals surface area (Å²) in [6.45, 7) is 7.07. The molecule has 0 unspecified atom stereocenters. The molecule has 0 amide bonds. The standard InChI is InChI=1S/C6H10O3.2C4H5O2.2O.Ti/c1-5(2)6(8)9-4-3-7;2*1-3(2)4(5)6;;;/h7H,1,3-4H2,2H3;2*1H,2H3,(H,5,6);;;. The zero-order valence-electron chi connectivity index (χ0n) is 13.6. The summed E-state index contributed by atoms with van der Waals surface area (Å²) in [5.41, 5.74) is -0.327. The number of carbonyl (C=O) groups is 3. The Morgan fingerprint density at radius 3 is 1.62 bits per heavy atom. The first-order chi connectivity index (χ1) is 10.8. The topological polar surface area (TPSA) is 155 Å². The maximum atomic E-state index is 11.3. The van der Waals surface area contributed by atoms with Crippen LogP contribution in [0.1, 0.15) is 20.8 Å². The van der Waals surface area contributed by atoms with Crippen molar-refractivity contribution in [2.45, 2.75) is 20.8 Å². The van der Waals surface area contributed by atoms with Gasteiger partial charge in [0.2, 0.25) is 0 Å². The van der Waals surface area contributed by atoms with Crippen LogP contribution in [0, 0.1) is 0 Å². The average molecular weight is 380 g/mol. The Hall–Kier alpha value is -2.10. The molecule has 0 radical (unpaired) electrons.